The summed E-state index contributed by atoms with van der Waals surface area (Å²) in [6.07, 6.45) is 8.91. The fourth-order valence-electron chi connectivity index (χ4n) is 6.63. The largest absolute Gasteiger partial charge is 0.303 e. The summed E-state index contributed by atoms with van der Waals surface area (Å²) in [6.45, 7) is 21.4. The van der Waals surface area contributed by atoms with Crippen molar-refractivity contribution in [3.63, 3.8) is 0 Å². The first kappa shape index (κ1) is 20.6. The molecule has 1 aliphatic carbocycles. The van der Waals surface area contributed by atoms with E-state index in [1.165, 1.54) is 71.2 Å². The molecule has 2 heterocycles. The third-order valence-electron chi connectivity index (χ3n) is 8.44. The maximum atomic E-state index is 2.70. The summed E-state index contributed by atoms with van der Waals surface area (Å²) in [5, 5.41) is 0. The van der Waals surface area contributed by atoms with Crippen molar-refractivity contribution in [3.8, 4) is 0 Å². The Hall–Kier alpha value is -0.0800. The molecule has 2 nitrogen and oxygen atoms in total. The molecule has 3 fully saturated rings. The average Bonchev–Trinajstić information content (AvgIpc) is 2.59. The third-order valence-corrected chi connectivity index (χ3v) is 8.44. The van der Waals surface area contributed by atoms with Gasteiger partial charge in [0.15, 0.2) is 0 Å². The second-order valence-electron chi connectivity index (χ2n) is 10.9. The Labute approximate surface area is 164 Å². The van der Waals surface area contributed by atoms with Gasteiger partial charge in [0, 0.05) is 25.7 Å². The maximum Gasteiger partial charge on any atom is 0.00533 e. The van der Waals surface area contributed by atoms with Crippen LogP contribution in [0.2, 0.25) is 0 Å². The Balaban J connectivity index is 1.61. The van der Waals surface area contributed by atoms with Crippen molar-refractivity contribution in [1.82, 2.24) is 9.80 Å². The molecular formula is C24H46N2. The minimum atomic E-state index is 0.683. The van der Waals surface area contributed by atoms with Crippen LogP contribution in [-0.4, -0.2) is 48.6 Å². The standard InChI is InChI=1S/C24H46N2/c1-7-25-12-8-9-21(15-25)20(6)13-22-14-24(11-10-23(22)18(2)3)16-26(17-24)19(4)5/h18-23H,7-17H2,1-6H3. The molecule has 2 aliphatic heterocycles. The van der Waals surface area contributed by atoms with Crippen LogP contribution >= 0.6 is 0 Å². The highest BCUT2D eigenvalue weighted by atomic mass is 15.2. The van der Waals surface area contributed by atoms with Gasteiger partial charge in [-0.25, -0.2) is 0 Å². The minimum absolute atomic E-state index is 0.683. The topological polar surface area (TPSA) is 6.48 Å². The first-order valence-corrected chi connectivity index (χ1v) is 11.8. The van der Waals surface area contributed by atoms with E-state index in [9.17, 15) is 0 Å². The van der Waals surface area contributed by atoms with Crippen LogP contribution in [0.4, 0.5) is 0 Å². The van der Waals surface area contributed by atoms with Gasteiger partial charge in [-0.2, -0.15) is 0 Å². The molecule has 0 radical (unpaired) electrons. The molecule has 0 aromatic heterocycles. The quantitative estimate of drug-likeness (QED) is 0.613. The lowest BCUT2D eigenvalue weighted by Crippen LogP contribution is -2.61. The van der Waals surface area contributed by atoms with Crippen LogP contribution in [0.5, 0.6) is 0 Å². The molecule has 2 heteroatoms. The summed E-state index contributed by atoms with van der Waals surface area (Å²) in [4.78, 5) is 5.40. The minimum Gasteiger partial charge on any atom is -0.303 e. The number of likely N-dealkylation sites (tertiary alicyclic amines) is 2. The zero-order valence-electron chi connectivity index (χ0n) is 18.6. The molecule has 0 N–H and O–H groups in total. The van der Waals surface area contributed by atoms with E-state index in [2.05, 4.69) is 51.3 Å². The molecule has 4 unspecified atom stereocenters. The Morgan fingerprint density at radius 3 is 2.38 bits per heavy atom. The first-order valence-electron chi connectivity index (χ1n) is 11.8. The van der Waals surface area contributed by atoms with Crippen LogP contribution in [-0.2, 0) is 0 Å². The number of hydrogen-bond acceptors (Lipinski definition) is 2. The monoisotopic (exact) mass is 362 g/mol. The van der Waals surface area contributed by atoms with Crippen LogP contribution < -0.4 is 0 Å². The molecule has 3 aliphatic rings. The molecule has 0 bridgehead atoms. The number of nitrogens with zero attached hydrogens (tertiary/aromatic N) is 2. The molecule has 4 atom stereocenters. The lowest BCUT2D eigenvalue weighted by molar-refractivity contribution is -0.0836. The van der Waals surface area contributed by atoms with Crippen molar-refractivity contribution in [2.75, 3.05) is 32.7 Å². The van der Waals surface area contributed by atoms with Crippen LogP contribution in [0.15, 0.2) is 0 Å². The summed E-state index contributed by atoms with van der Waals surface area (Å²) < 4.78 is 0. The van der Waals surface area contributed by atoms with Gasteiger partial charge in [0.1, 0.15) is 0 Å². The molecule has 152 valence electrons. The van der Waals surface area contributed by atoms with Gasteiger partial charge in [-0.15, -0.1) is 0 Å². The molecule has 1 spiro atoms. The van der Waals surface area contributed by atoms with Gasteiger partial charge in [0.2, 0.25) is 0 Å². The zero-order chi connectivity index (χ0) is 18.9. The highest BCUT2D eigenvalue weighted by Gasteiger charge is 2.49. The Morgan fingerprint density at radius 2 is 1.77 bits per heavy atom. The SMILES string of the molecule is CCN1CCCC(C(C)CC2CC3(CCC2C(C)C)CN(C(C)C)C3)C1. The van der Waals surface area contributed by atoms with Gasteiger partial charge in [-0.3, -0.25) is 4.90 Å². The highest BCUT2D eigenvalue weighted by molar-refractivity contribution is 5.01. The van der Waals surface area contributed by atoms with Gasteiger partial charge < -0.3 is 4.90 Å². The first-order chi connectivity index (χ1) is 12.3. The summed E-state index contributed by atoms with van der Waals surface area (Å²) in [5.74, 6) is 4.67. The van der Waals surface area contributed by atoms with E-state index in [0.717, 1.165) is 35.6 Å². The van der Waals surface area contributed by atoms with E-state index in [1.807, 2.05) is 0 Å². The van der Waals surface area contributed by atoms with Crippen LogP contribution in [0.3, 0.4) is 0 Å². The molecule has 2 saturated heterocycles. The second-order valence-corrected chi connectivity index (χ2v) is 10.9. The molecule has 0 aromatic carbocycles. The van der Waals surface area contributed by atoms with E-state index in [4.69, 9.17) is 0 Å². The van der Waals surface area contributed by atoms with E-state index in [-0.39, 0.29) is 0 Å². The molecule has 3 rings (SSSR count). The number of piperidine rings is 1. The lowest BCUT2D eigenvalue weighted by atomic mass is 9.57. The van der Waals surface area contributed by atoms with Gasteiger partial charge in [0.25, 0.3) is 0 Å². The van der Waals surface area contributed by atoms with Crippen molar-refractivity contribution in [3.05, 3.63) is 0 Å². The van der Waals surface area contributed by atoms with E-state index < -0.39 is 0 Å². The maximum absolute atomic E-state index is 2.70. The number of hydrogen-bond donors (Lipinski definition) is 0. The fourth-order valence-corrected chi connectivity index (χ4v) is 6.63. The predicted octanol–water partition coefficient (Wildman–Crippen LogP) is 5.53. The molecule has 26 heavy (non-hydrogen) atoms. The van der Waals surface area contributed by atoms with Gasteiger partial charge in [-0.1, -0.05) is 27.7 Å². The van der Waals surface area contributed by atoms with E-state index in [1.54, 1.807) is 0 Å². The smallest absolute Gasteiger partial charge is 0.00533 e. The van der Waals surface area contributed by atoms with Gasteiger partial charge in [-0.05, 0) is 100 Å². The fraction of sp³-hybridized carbons (Fsp3) is 1.00. The molecule has 0 aromatic rings. The summed E-state index contributed by atoms with van der Waals surface area (Å²) >= 11 is 0. The van der Waals surface area contributed by atoms with Crippen LogP contribution in [0.1, 0.15) is 80.1 Å². The molecule has 1 saturated carbocycles. The average molecular weight is 363 g/mol. The summed E-state index contributed by atoms with van der Waals surface area (Å²) in [5.41, 5.74) is 0.683. The Kier molecular flexibility index (Phi) is 6.76. The summed E-state index contributed by atoms with van der Waals surface area (Å²) in [7, 11) is 0. The van der Waals surface area contributed by atoms with Gasteiger partial charge in [0.05, 0.1) is 0 Å². The Bertz CT molecular complexity index is 437. The lowest BCUT2D eigenvalue weighted by Gasteiger charge is -2.58. The van der Waals surface area contributed by atoms with Crippen molar-refractivity contribution in [1.29, 1.82) is 0 Å². The van der Waals surface area contributed by atoms with Crippen molar-refractivity contribution < 1.29 is 0 Å². The highest BCUT2D eigenvalue weighted by Crippen LogP contribution is 2.52. The van der Waals surface area contributed by atoms with Crippen molar-refractivity contribution in [2.45, 2.75) is 86.1 Å². The Morgan fingerprint density at radius 1 is 1.04 bits per heavy atom. The van der Waals surface area contributed by atoms with Crippen LogP contribution in [0.25, 0.3) is 0 Å². The molecular weight excluding hydrogens is 316 g/mol. The predicted molar refractivity (Wildman–Crippen MR) is 113 cm³/mol. The van der Waals surface area contributed by atoms with Gasteiger partial charge >= 0.3 is 0 Å². The summed E-state index contributed by atoms with van der Waals surface area (Å²) in [6, 6.07) is 0.739. The van der Waals surface area contributed by atoms with Crippen LogP contribution in [0, 0.1) is 35.0 Å². The van der Waals surface area contributed by atoms with Crippen molar-refractivity contribution in [2.24, 2.45) is 35.0 Å². The van der Waals surface area contributed by atoms with E-state index in [0.29, 0.717) is 5.41 Å². The number of rotatable bonds is 6. The normalized spacial score (nSPS) is 34.4. The second kappa shape index (κ2) is 8.52. The van der Waals surface area contributed by atoms with Crippen molar-refractivity contribution >= 4 is 0 Å². The van der Waals surface area contributed by atoms with E-state index >= 15 is 0 Å². The molecule has 0 amide bonds. The third kappa shape index (κ3) is 4.49. The zero-order valence-corrected chi connectivity index (χ0v) is 18.6.